The van der Waals surface area contributed by atoms with E-state index in [4.69, 9.17) is 0 Å². The average molecular weight is 249 g/mol. The number of hydrogen-bond donors (Lipinski definition) is 1. The van der Waals surface area contributed by atoms with Crippen molar-refractivity contribution in [1.82, 2.24) is 5.32 Å². The third-order valence-corrected chi connectivity index (χ3v) is 4.96. The molecule has 16 heavy (non-hydrogen) atoms. The van der Waals surface area contributed by atoms with Gasteiger partial charge in [0, 0.05) is 11.8 Å². The van der Waals surface area contributed by atoms with Gasteiger partial charge in [-0.25, -0.2) is 8.42 Å². The fraction of sp³-hybridized carbons (Fsp3) is 1.00. The summed E-state index contributed by atoms with van der Waals surface area (Å²) in [5.74, 6) is 1.14. The van der Waals surface area contributed by atoms with E-state index in [0.29, 0.717) is 23.5 Å². The predicted octanol–water partition coefficient (Wildman–Crippen LogP) is 2.23. The van der Waals surface area contributed by atoms with Gasteiger partial charge in [-0.3, -0.25) is 0 Å². The highest BCUT2D eigenvalue weighted by atomic mass is 32.2. The van der Waals surface area contributed by atoms with E-state index in [1.165, 1.54) is 0 Å². The lowest BCUT2D eigenvalue weighted by atomic mass is 9.95. The van der Waals surface area contributed by atoms with Crippen LogP contribution in [0, 0.1) is 5.92 Å². The summed E-state index contributed by atoms with van der Waals surface area (Å²) in [6.07, 6.45) is 2.55. The Morgan fingerprint density at radius 2 is 1.75 bits per heavy atom. The van der Waals surface area contributed by atoms with Crippen LogP contribution in [0.25, 0.3) is 0 Å². The highest BCUT2D eigenvalue weighted by molar-refractivity contribution is 7.91. The van der Waals surface area contributed by atoms with Crippen LogP contribution in [0.15, 0.2) is 0 Å². The summed E-state index contributed by atoms with van der Waals surface area (Å²) in [7, 11) is -2.81. The molecule has 0 spiro atoms. The highest BCUT2D eigenvalue weighted by Gasteiger charge is 2.18. The summed E-state index contributed by atoms with van der Waals surface area (Å²) in [6.45, 7) is 9.21. The van der Waals surface area contributed by atoms with Crippen LogP contribution in [-0.2, 0) is 9.84 Å². The smallest absolute Gasteiger partial charge is 0.150 e. The molecule has 4 heteroatoms. The third kappa shape index (κ3) is 6.48. The maximum Gasteiger partial charge on any atom is 0.150 e. The standard InChI is InChI=1S/C12H27NO2S/c1-5-9-16(14,15)10-8-12(6-2)11(4)13-7-3/h11-13H,5-10H2,1-4H3. The van der Waals surface area contributed by atoms with Crippen LogP contribution in [0.5, 0.6) is 0 Å². The van der Waals surface area contributed by atoms with Gasteiger partial charge in [0.15, 0.2) is 0 Å². The first-order valence-electron chi connectivity index (χ1n) is 6.40. The van der Waals surface area contributed by atoms with E-state index in [-0.39, 0.29) is 0 Å². The molecule has 0 aromatic rings. The molecule has 0 aliphatic rings. The molecule has 0 fully saturated rings. The SMILES string of the molecule is CCCS(=O)(=O)CCC(CC)C(C)NCC. The molecule has 0 radical (unpaired) electrons. The normalized spacial score (nSPS) is 16.0. The van der Waals surface area contributed by atoms with Crippen LogP contribution >= 0.6 is 0 Å². The second-order valence-electron chi connectivity index (χ2n) is 4.46. The molecule has 0 amide bonds. The molecule has 98 valence electrons. The van der Waals surface area contributed by atoms with Crippen LogP contribution in [-0.4, -0.2) is 32.5 Å². The number of sulfone groups is 1. The molecule has 2 atom stereocenters. The number of hydrogen-bond acceptors (Lipinski definition) is 3. The lowest BCUT2D eigenvalue weighted by Crippen LogP contribution is -2.34. The van der Waals surface area contributed by atoms with Crippen molar-refractivity contribution in [2.24, 2.45) is 5.92 Å². The maximum atomic E-state index is 11.6. The fourth-order valence-corrected chi connectivity index (χ4v) is 3.53. The Kier molecular flexibility index (Phi) is 8.02. The van der Waals surface area contributed by atoms with Crippen molar-refractivity contribution in [3.05, 3.63) is 0 Å². The van der Waals surface area contributed by atoms with Gasteiger partial charge in [-0.15, -0.1) is 0 Å². The first-order chi connectivity index (χ1) is 7.46. The van der Waals surface area contributed by atoms with Gasteiger partial charge < -0.3 is 5.32 Å². The molecular formula is C12H27NO2S. The molecule has 0 rings (SSSR count). The van der Waals surface area contributed by atoms with Crippen molar-refractivity contribution in [3.63, 3.8) is 0 Å². The molecule has 0 bridgehead atoms. The van der Waals surface area contributed by atoms with Crippen molar-refractivity contribution in [2.45, 2.75) is 53.0 Å². The van der Waals surface area contributed by atoms with Crippen molar-refractivity contribution in [2.75, 3.05) is 18.1 Å². The molecule has 0 saturated heterocycles. The summed E-state index contributed by atoms with van der Waals surface area (Å²) in [5, 5.41) is 3.37. The zero-order chi connectivity index (χ0) is 12.6. The Balaban J connectivity index is 4.14. The van der Waals surface area contributed by atoms with Gasteiger partial charge in [-0.2, -0.15) is 0 Å². The van der Waals surface area contributed by atoms with Crippen molar-refractivity contribution >= 4 is 9.84 Å². The van der Waals surface area contributed by atoms with Crippen molar-refractivity contribution in [1.29, 1.82) is 0 Å². The van der Waals surface area contributed by atoms with E-state index in [2.05, 4.69) is 26.1 Å². The summed E-state index contributed by atoms with van der Waals surface area (Å²) >= 11 is 0. The van der Waals surface area contributed by atoms with Crippen LogP contribution in [0.2, 0.25) is 0 Å². The Labute approximate surface area is 101 Å². The van der Waals surface area contributed by atoms with E-state index in [1.54, 1.807) is 0 Å². The summed E-state index contributed by atoms with van der Waals surface area (Å²) < 4.78 is 23.2. The Morgan fingerprint density at radius 1 is 1.12 bits per heavy atom. The first-order valence-corrected chi connectivity index (χ1v) is 8.22. The molecular weight excluding hydrogens is 222 g/mol. The quantitative estimate of drug-likeness (QED) is 0.681. The first kappa shape index (κ1) is 15.9. The van der Waals surface area contributed by atoms with E-state index < -0.39 is 9.84 Å². The van der Waals surface area contributed by atoms with E-state index in [9.17, 15) is 8.42 Å². The van der Waals surface area contributed by atoms with Gasteiger partial charge in [0.1, 0.15) is 9.84 Å². The Bertz CT molecular complexity index is 262. The van der Waals surface area contributed by atoms with Gasteiger partial charge in [-0.1, -0.05) is 27.2 Å². The monoisotopic (exact) mass is 249 g/mol. The molecule has 3 nitrogen and oxygen atoms in total. The molecule has 0 aromatic carbocycles. The Morgan fingerprint density at radius 3 is 2.19 bits per heavy atom. The predicted molar refractivity (Wildman–Crippen MR) is 70.5 cm³/mol. The molecule has 0 aliphatic heterocycles. The number of rotatable bonds is 9. The van der Waals surface area contributed by atoms with Gasteiger partial charge in [0.2, 0.25) is 0 Å². The van der Waals surface area contributed by atoms with Crippen molar-refractivity contribution < 1.29 is 8.42 Å². The minimum Gasteiger partial charge on any atom is -0.314 e. The Hall–Kier alpha value is -0.0900. The molecule has 2 unspecified atom stereocenters. The average Bonchev–Trinajstić information content (AvgIpc) is 2.18. The minimum absolute atomic E-state index is 0.332. The number of nitrogens with one attached hydrogen (secondary N) is 1. The van der Waals surface area contributed by atoms with E-state index in [1.807, 2.05) is 6.92 Å². The van der Waals surface area contributed by atoms with Crippen LogP contribution in [0.1, 0.15) is 47.0 Å². The molecule has 0 heterocycles. The lowest BCUT2D eigenvalue weighted by molar-refractivity contribution is 0.360. The lowest BCUT2D eigenvalue weighted by Gasteiger charge is -2.23. The van der Waals surface area contributed by atoms with E-state index >= 15 is 0 Å². The second-order valence-corrected chi connectivity index (χ2v) is 6.76. The molecule has 0 saturated carbocycles. The molecule has 1 N–H and O–H groups in total. The van der Waals surface area contributed by atoms with Gasteiger partial charge >= 0.3 is 0 Å². The zero-order valence-corrected chi connectivity index (χ0v) is 11.9. The van der Waals surface area contributed by atoms with Crippen LogP contribution in [0.4, 0.5) is 0 Å². The van der Waals surface area contributed by atoms with Gasteiger partial charge in [-0.05, 0) is 32.2 Å². The van der Waals surface area contributed by atoms with Gasteiger partial charge in [0.25, 0.3) is 0 Å². The summed E-state index contributed by atoms with van der Waals surface area (Å²) in [6, 6.07) is 0.409. The zero-order valence-electron chi connectivity index (χ0n) is 11.1. The van der Waals surface area contributed by atoms with Gasteiger partial charge in [0.05, 0.1) is 5.75 Å². The molecule has 0 aliphatic carbocycles. The summed E-state index contributed by atoms with van der Waals surface area (Å²) in [5.41, 5.74) is 0. The topological polar surface area (TPSA) is 46.2 Å². The summed E-state index contributed by atoms with van der Waals surface area (Å²) in [4.78, 5) is 0. The maximum absolute atomic E-state index is 11.6. The van der Waals surface area contributed by atoms with Crippen LogP contribution < -0.4 is 5.32 Å². The van der Waals surface area contributed by atoms with Crippen LogP contribution in [0.3, 0.4) is 0 Å². The largest absolute Gasteiger partial charge is 0.314 e. The fourth-order valence-electron chi connectivity index (χ4n) is 2.04. The highest BCUT2D eigenvalue weighted by Crippen LogP contribution is 2.15. The third-order valence-electron chi connectivity index (χ3n) is 3.07. The van der Waals surface area contributed by atoms with Crippen molar-refractivity contribution in [3.8, 4) is 0 Å². The second kappa shape index (κ2) is 8.07. The minimum atomic E-state index is -2.81. The molecule has 0 aromatic heterocycles. The van der Waals surface area contributed by atoms with E-state index in [0.717, 1.165) is 25.8 Å².